The van der Waals surface area contributed by atoms with E-state index in [1.54, 1.807) is 13.8 Å². The molecule has 0 aromatic heterocycles. The van der Waals surface area contributed by atoms with E-state index in [0.717, 1.165) is 19.4 Å². The summed E-state index contributed by atoms with van der Waals surface area (Å²) in [6.45, 7) is 9.19. The van der Waals surface area contributed by atoms with Crippen LogP contribution in [0.3, 0.4) is 0 Å². The van der Waals surface area contributed by atoms with E-state index in [1.165, 1.54) is 5.56 Å². The lowest BCUT2D eigenvalue weighted by molar-refractivity contribution is -0.150. The molecule has 0 bridgehead atoms. The lowest BCUT2D eigenvalue weighted by Crippen LogP contribution is -2.26. The van der Waals surface area contributed by atoms with Crippen LogP contribution in [-0.4, -0.2) is 25.2 Å². The van der Waals surface area contributed by atoms with Crippen LogP contribution in [0.4, 0.5) is 0 Å². The highest BCUT2D eigenvalue weighted by atomic mass is 16.6. The molecule has 0 radical (unpaired) electrons. The van der Waals surface area contributed by atoms with Crippen molar-refractivity contribution in [1.82, 2.24) is 5.32 Å². The molecule has 0 heterocycles. The topological polar surface area (TPSA) is 47.6 Å². The van der Waals surface area contributed by atoms with E-state index in [4.69, 9.17) is 9.47 Å². The number of esters is 1. The lowest BCUT2D eigenvalue weighted by atomic mass is 10.0. The summed E-state index contributed by atoms with van der Waals surface area (Å²) in [5.41, 5.74) is 1.24. The Hall–Kier alpha value is -1.55. The average molecular weight is 293 g/mol. The van der Waals surface area contributed by atoms with E-state index in [1.807, 2.05) is 24.3 Å². The Balaban J connectivity index is 2.62. The predicted molar refractivity (Wildman–Crippen MR) is 84.5 cm³/mol. The van der Waals surface area contributed by atoms with Crippen LogP contribution in [0.25, 0.3) is 0 Å². The molecule has 4 heteroatoms. The van der Waals surface area contributed by atoms with Crippen molar-refractivity contribution in [3.8, 4) is 5.75 Å². The normalized spacial score (nSPS) is 13.5. The van der Waals surface area contributed by atoms with Crippen molar-refractivity contribution in [1.29, 1.82) is 0 Å². The number of carbonyl (C=O) groups excluding carboxylic acids is 1. The molecule has 0 fully saturated rings. The van der Waals surface area contributed by atoms with Crippen LogP contribution in [0.5, 0.6) is 5.75 Å². The highest BCUT2D eigenvalue weighted by Gasteiger charge is 2.16. The molecule has 2 unspecified atom stereocenters. The van der Waals surface area contributed by atoms with Gasteiger partial charge in [0.1, 0.15) is 5.75 Å². The van der Waals surface area contributed by atoms with Crippen molar-refractivity contribution in [2.24, 2.45) is 0 Å². The lowest BCUT2D eigenvalue weighted by Gasteiger charge is -2.18. The van der Waals surface area contributed by atoms with Crippen molar-refractivity contribution in [2.45, 2.75) is 52.7 Å². The van der Waals surface area contributed by atoms with Gasteiger partial charge in [-0.05, 0) is 50.9 Å². The molecule has 0 saturated heterocycles. The molecule has 1 aromatic carbocycles. The van der Waals surface area contributed by atoms with E-state index in [0.29, 0.717) is 18.4 Å². The van der Waals surface area contributed by atoms with Gasteiger partial charge < -0.3 is 14.8 Å². The van der Waals surface area contributed by atoms with Gasteiger partial charge in [0.2, 0.25) is 0 Å². The van der Waals surface area contributed by atoms with Crippen LogP contribution in [0, 0.1) is 0 Å². The van der Waals surface area contributed by atoms with Gasteiger partial charge in [-0.1, -0.05) is 26.0 Å². The first kappa shape index (κ1) is 17.5. The fourth-order valence-corrected chi connectivity index (χ4v) is 2.11. The Labute approximate surface area is 127 Å². The van der Waals surface area contributed by atoms with Gasteiger partial charge in [0.05, 0.1) is 6.61 Å². The van der Waals surface area contributed by atoms with Gasteiger partial charge in [0, 0.05) is 6.04 Å². The second-order valence-corrected chi connectivity index (χ2v) is 5.00. The number of ether oxygens (including phenoxy) is 2. The van der Waals surface area contributed by atoms with Gasteiger partial charge >= 0.3 is 5.97 Å². The van der Waals surface area contributed by atoms with E-state index in [2.05, 4.69) is 19.2 Å². The summed E-state index contributed by atoms with van der Waals surface area (Å²) >= 11 is 0. The number of hydrogen-bond acceptors (Lipinski definition) is 4. The minimum absolute atomic E-state index is 0.336. The maximum atomic E-state index is 11.5. The number of rotatable bonds is 9. The molecule has 2 atom stereocenters. The Morgan fingerprint density at radius 1 is 1.19 bits per heavy atom. The molecular weight excluding hydrogens is 266 g/mol. The number of nitrogens with one attached hydrogen (secondary N) is 1. The summed E-state index contributed by atoms with van der Waals surface area (Å²) in [5, 5.41) is 3.52. The van der Waals surface area contributed by atoms with Crippen LogP contribution < -0.4 is 10.1 Å². The third kappa shape index (κ3) is 5.76. The van der Waals surface area contributed by atoms with Gasteiger partial charge in [-0.3, -0.25) is 0 Å². The summed E-state index contributed by atoms with van der Waals surface area (Å²) in [6.07, 6.45) is 1.57. The van der Waals surface area contributed by atoms with Gasteiger partial charge in [-0.25, -0.2) is 4.79 Å². The van der Waals surface area contributed by atoms with Crippen LogP contribution in [0.1, 0.15) is 52.1 Å². The van der Waals surface area contributed by atoms with E-state index in [-0.39, 0.29) is 5.97 Å². The second kappa shape index (κ2) is 9.40. The van der Waals surface area contributed by atoms with Crippen molar-refractivity contribution < 1.29 is 14.3 Å². The van der Waals surface area contributed by atoms with Crippen molar-refractivity contribution in [3.63, 3.8) is 0 Å². The second-order valence-electron chi connectivity index (χ2n) is 5.00. The van der Waals surface area contributed by atoms with Gasteiger partial charge in [-0.15, -0.1) is 0 Å². The average Bonchev–Trinajstić information content (AvgIpc) is 2.49. The first-order valence-corrected chi connectivity index (χ1v) is 7.78. The molecule has 0 spiro atoms. The van der Waals surface area contributed by atoms with Crippen LogP contribution in [0.15, 0.2) is 24.3 Å². The fraction of sp³-hybridized carbons (Fsp3) is 0.588. The number of hydrogen-bond donors (Lipinski definition) is 1. The first-order chi connectivity index (χ1) is 10.1. The van der Waals surface area contributed by atoms with E-state index >= 15 is 0 Å². The first-order valence-electron chi connectivity index (χ1n) is 7.78. The zero-order chi connectivity index (χ0) is 15.7. The summed E-state index contributed by atoms with van der Waals surface area (Å²) in [6, 6.07) is 8.26. The third-order valence-electron chi connectivity index (χ3n) is 3.26. The standard InChI is InChI=1S/C17H27NO3/c1-5-12-18-16(6-2)14-8-10-15(11-9-14)21-13(4)17(19)20-7-3/h8-11,13,16,18H,5-7,12H2,1-4H3. The predicted octanol–water partition coefficient (Wildman–Crippen LogP) is 3.47. The van der Waals surface area contributed by atoms with Gasteiger partial charge in [-0.2, -0.15) is 0 Å². The molecule has 118 valence electrons. The quantitative estimate of drug-likeness (QED) is 0.708. The molecule has 0 amide bonds. The van der Waals surface area contributed by atoms with Crippen molar-refractivity contribution >= 4 is 5.97 Å². The molecule has 0 saturated carbocycles. The molecule has 0 aliphatic rings. The van der Waals surface area contributed by atoms with E-state index in [9.17, 15) is 4.79 Å². The molecule has 0 aliphatic heterocycles. The molecule has 21 heavy (non-hydrogen) atoms. The third-order valence-corrected chi connectivity index (χ3v) is 3.26. The van der Waals surface area contributed by atoms with Crippen LogP contribution in [-0.2, 0) is 9.53 Å². The van der Waals surface area contributed by atoms with Crippen molar-refractivity contribution in [2.75, 3.05) is 13.2 Å². The van der Waals surface area contributed by atoms with Crippen LogP contribution in [0.2, 0.25) is 0 Å². The maximum Gasteiger partial charge on any atom is 0.347 e. The van der Waals surface area contributed by atoms with Gasteiger partial charge in [0.25, 0.3) is 0 Å². The zero-order valence-electron chi connectivity index (χ0n) is 13.5. The molecule has 1 aromatic rings. The summed E-state index contributed by atoms with van der Waals surface area (Å²) in [7, 11) is 0. The Morgan fingerprint density at radius 3 is 2.38 bits per heavy atom. The summed E-state index contributed by atoms with van der Waals surface area (Å²) < 4.78 is 10.5. The van der Waals surface area contributed by atoms with Crippen molar-refractivity contribution in [3.05, 3.63) is 29.8 Å². The number of benzene rings is 1. The molecular formula is C17H27NO3. The fourth-order valence-electron chi connectivity index (χ4n) is 2.11. The Kier molecular flexibility index (Phi) is 7.83. The smallest absolute Gasteiger partial charge is 0.347 e. The maximum absolute atomic E-state index is 11.5. The summed E-state index contributed by atoms with van der Waals surface area (Å²) in [5.74, 6) is 0.349. The SMILES string of the molecule is CCCNC(CC)c1ccc(OC(C)C(=O)OCC)cc1. The molecule has 1 rings (SSSR count). The monoisotopic (exact) mass is 293 g/mol. The molecule has 1 N–H and O–H groups in total. The van der Waals surface area contributed by atoms with Crippen LogP contribution >= 0.6 is 0 Å². The molecule has 0 aliphatic carbocycles. The zero-order valence-corrected chi connectivity index (χ0v) is 13.5. The number of carbonyl (C=O) groups is 1. The minimum Gasteiger partial charge on any atom is -0.479 e. The molecule has 4 nitrogen and oxygen atoms in total. The Bertz CT molecular complexity index is 417. The highest BCUT2D eigenvalue weighted by Crippen LogP contribution is 2.21. The minimum atomic E-state index is -0.587. The van der Waals surface area contributed by atoms with Gasteiger partial charge in [0.15, 0.2) is 6.10 Å². The largest absolute Gasteiger partial charge is 0.479 e. The Morgan fingerprint density at radius 2 is 1.86 bits per heavy atom. The summed E-state index contributed by atoms with van der Waals surface area (Å²) in [4.78, 5) is 11.5. The highest BCUT2D eigenvalue weighted by molar-refractivity contribution is 5.74. The van der Waals surface area contributed by atoms with E-state index < -0.39 is 6.10 Å².